The quantitative estimate of drug-likeness (QED) is 0.675. The molecular weight excluding hydrogens is 376 g/mol. The van der Waals surface area contributed by atoms with Crippen molar-refractivity contribution in [1.29, 1.82) is 0 Å². The molecule has 1 N–H and O–H groups in total. The lowest BCUT2D eigenvalue weighted by Crippen LogP contribution is -2.40. The third-order valence-corrected chi connectivity index (χ3v) is 5.94. The minimum absolute atomic E-state index is 0.0493. The van der Waals surface area contributed by atoms with Crippen LogP contribution in [0.25, 0.3) is 22.4 Å². The zero-order chi connectivity index (χ0) is 21.1. The van der Waals surface area contributed by atoms with Crippen molar-refractivity contribution in [2.24, 2.45) is 0 Å². The van der Waals surface area contributed by atoms with Crippen LogP contribution in [0.2, 0.25) is 0 Å². The molecular formula is C24H30N4O2. The van der Waals surface area contributed by atoms with Crippen molar-refractivity contribution in [1.82, 2.24) is 19.8 Å². The van der Waals surface area contributed by atoms with Crippen molar-refractivity contribution in [3.8, 4) is 11.4 Å². The van der Waals surface area contributed by atoms with Gasteiger partial charge in [0.1, 0.15) is 5.82 Å². The van der Waals surface area contributed by atoms with Crippen LogP contribution in [0.4, 0.5) is 0 Å². The molecule has 30 heavy (non-hydrogen) atoms. The summed E-state index contributed by atoms with van der Waals surface area (Å²) in [6.07, 6.45) is 0. The molecule has 1 amide bonds. The first-order valence-electron chi connectivity index (χ1n) is 10.8. The molecule has 0 saturated carbocycles. The maximum Gasteiger partial charge on any atom is 0.254 e. The number of rotatable bonds is 6. The smallest absolute Gasteiger partial charge is 0.254 e. The number of ether oxygens (including phenoxy) is 1. The number of imidazole rings is 1. The third-order valence-electron chi connectivity index (χ3n) is 5.94. The van der Waals surface area contributed by atoms with Crippen LogP contribution in [-0.4, -0.2) is 65.1 Å². The minimum atomic E-state index is 0.0493. The molecule has 0 unspecified atom stereocenters. The van der Waals surface area contributed by atoms with Gasteiger partial charge in [-0.3, -0.25) is 9.69 Å². The summed E-state index contributed by atoms with van der Waals surface area (Å²) in [5, 5.41) is 0. The molecule has 158 valence electrons. The summed E-state index contributed by atoms with van der Waals surface area (Å²) < 4.78 is 5.35. The van der Waals surface area contributed by atoms with E-state index in [2.05, 4.69) is 48.9 Å². The fraction of sp³-hybridized carbons (Fsp3) is 0.417. The lowest BCUT2D eigenvalue weighted by atomic mass is 10.0. The number of carbonyl (C=O) groups excluding carboxylic acids is 1. The Bertz CT molecular complexity index is 1030. The summed E-state index contributed by atoms with van der Waals surface area (Å²) in [5.74, 6) is 0.884. The van der Waals surface area contributed by atoms with E-state index in [1.54, 1.807) is 0 Å². The lowest BCUT2D eigenvalue weighted by molar-refractivity contribution is 0.0303. The average molecular weight is 407 g/mol. The highest BCUT2D eigenvalue weighted by Crippen LogP contribution is 2.25. The first-order valence-corrected chi connectivity index (χ1v) is 10.8. The second-order valence-electron chi connectivity index (χ2n) is 7.82. The Labute approximate surface area is 177 Å². The van der Waals surface area contributed by atoms with E-state index in [1.807, 2.05) is 23.1 Å². The Morgan fingerprint density at radius 2 is 1.90 bits per heavy atom. The molecule has 4 rings (SSSR count). The van der Waals surface area contributed by atoms with Gasteiger partial charge in [-0.1, -0.05) is 26.0 Å². The van der Waals surface area contributed by atoms with Crippen LogP contribution in [0.1, 0.15) is 35.3 Å². The summed E-state index contributed by atoms with van der Waals surface area (Å²) in [5.41, 5.74) is 6.12. The van der Waals surface area contributed by atoms with E-state index >= 15 is 0 Å². The number of H-pyrrole nitrogens is 1. The number of benzene rings is 2. The molecule has 0 bridgehead atoms. The molecule has 0 aliphatic carbocycles. The van der Waals surface area contributed by atoms with Crippen LogP contribution < -0.4 is 0 Å². The molecule has 2 aromatic carbocycles. The number of carbonyl (C=O) groups is 1. The number of amides is 1. The van der Waals surface area contributed by atoms with Gasteiger partial charge in [-0.05, 0) is 55.4 Å². The van der Waals surface area contributed by atoms with Gasteiger partial charge in [0.2, 0.25) is 0 Å². The Hall–Kier alpha value is -2.70. The van der Waals surface area contributed by atoms with Gasteiger partial charge in [0, 0.05) is 30.8 Å². The lowest BCUT2D eigenvalue weighted by Gasteiger charge is -2.26. The van der Waals surface area contributed by atoms with Gasteiger partial charge < -0.3 is 14.6 Å². The van der Waals surface area contributed by atoms with Gasteiger partial charge in [0.05, 0.1) is 24.2 Å². The van der Waals surface area contributed by atoms with Gasteiger partial charge in [-0.2, -0.15) is 0 Å². The Balaban J connectivity index is 1.61. The van der Waals surface area contributed by atoms with Crippen LogP contribution >= 0.6 is 0 Å². The highest BCUT2D eigenvalue weighted by atomic mass is 16.5. The second-order valence-corrected chi connectivity index (χ2v) is 7.82. The monoisotopic (exact) mass is 406 g/mol. The van der Waals surface area contributed by atoms with E-state index in [4.69, 9.17) is 9.72 Å². The fourth-order valence-corrected chi connectivity index (χ4v) is 3.91. The summed E-state index contributed by atoms with van der Waals surface area (Å²) in [6.45, 7) is 12.0. The Morgan fingerprint density at radius 3 is 2.63 bits per heavy atom. The third kappa shape index (κ3) is 4.25. The normalized spacial score (nSPS) is 14.6. The van der Waals surface area contributed by atoms with Gasteiger partial charge in [-0.15, -0.1) is 0 Å². The molecule has 1 fully saturated rings. The molecule has 1 aromatic heterocycles. The van der Waals surface area contributed by atoms with Crippen molar-refractivity contribution in [2.75, 3.05) is 39.4 Å². The van der Waals surface area contributed by atoms with E-state index in [0.29, 0.717) is 31.9 Å². The Morgan fingerprint density at radius 1 is 1.13 bits per heavy atom. The van der Waals surface area contributed by atoms with Crippen LogP contribution in [0, 0.1) is 6.92 Å². The number of aromatic nitrogens is 2. The number of morpholine rings is 1. The molecule has 6 heteroatoms. The molecule has 3 aromatic rings. The van der Waals surface area contributed by atoms with Crippen molar-refractivity contribution in [2.45, 2.75) is 27.3 Å². The topological polar surface area (TPSA) is 61.5 Å². The van der Waals surface area contributed by atoms with Crippen molar-refractivity contribution >= 4 is 16.9 Å². The van der Waals surface area contributed by atoms with Crippen LogP contribution in [-0.2, 0) is 11.3 Å². The molecule has 0 atom stereocenters. The minimum Gasteiger partial charge on any atom is -0.378 e. The predicted molar refractivity (Wildman–Crippen MR) is 120 cm³/mol. The zero-order valence-corrected chi connectivity index (χ0v) is 18.1. The number of hydrogen-bond acceptors (Lipinski definition) is 4. The molecule has 2 heterocycles. The van der Waals surface area contributed by atoms with Gasteiger partial charge in [0.15, 0.2) is 0 Å². The number of aryl methyl sites for hydroxylation is 1. The molecule has 1 saturated heterocycles. The van der Waals surface area contributed by atoms with Crippen LogP contribution in [0.5, 0.6) is 0 Å². The molecule has 1 aliphatic rings. The first kappa shape index (κ1) is 20.6. The van der Waals surface area contributed by atoms with Crippen molar-refractivity contribution < 1.29 is 9.53 Å². The highest BCUT2D eigenvalue weighted by Gasteiger charge is 2.19. The second kappa shape index (κ2) is 8.98. The maximum atomic E-state index is 12.8. The predicted octanol–water partition coefficient (Wildman–Crippen LogP) is 3.85. The summed E-state index contributed by atoms with van der Waals surface area (Å²) in [4.78, 5) is 25.2. The molecule has 6 nitrogen and oxygen atoms in total. The summed E-state index contributed by atoms with van der Waals surface area (Å²) >= 11 is 0. The van der Waals surface area contributed by atoms with E-state index in [-0.39, 0.29) is 5.91 Å². The highest BCUT2D eigenvalue weighted by molar-refractivity contribution is 5.97. The molecule has 0 spiro atoms. The number of aromatic amines is 1. The van der Waals surface area contributed by atoms with E-state index in [0.717, 1.165) is 42.1 Å². The van der Waals surface area contributed by atoms with Gasteiger partial charge in [0.25, 0.3) is 5.91 Å². The SMILES string of the molecule is CCN(CC)Cc1cc(-c2nc3ccc(C(=O)N4CCOCC4)cc3[nH]2)ccc1C. The van der Waals surface area contributed by atoms with E-state index in [1.165, 1.54) is 11.1 Å². The largest absolute Gasteiger partial charge is 0.378 e. The number of fused-ring (bicyclic) bond motifs is 1. The first-order chi connectivity index (χ1) is 14.6. The van der Waals surface area contributed by atoms with Crippen LogP contribution in [0.3, 0.4) is 0 Å². The average Bonchev–Trinajstić information content (AvgIpc) is 3.22. The zero-order valence-electron chi connectivity index (χ0n) is 18.1. The summed E-state index contributed by atoms with van der Waals surface area (Å²) in [7, 11) is 0. The number of hydrogen-bond donors (Lipinski definition) is 1. The molecule has 0 radical (unpaired) electrons. The van der Waals surface area contributed by atoms with Crippen LogP contribution in [0.15, 0.2) is 36.4 Å². The molecule has 1 aliphatic heterocycles. The fourth-order valence-electron chi connectivity index (χ4n) is 3.91. The standard InChI is InChI=1S/C24H30N4O2/c1-4-27(5-2)16-20-14-18(7-6-17(20)3)23-25-21-9-8-19(15-22(21)26-23)24(29)28-10-12-30-13-11-28/h6-9,14-15H,4-5,10-13,16H2,1-3H3,(H,25,26). The van der Waals surface area contributed by atoms with Gasteiger partial charge in [-0.25, -0.2) is 4.98 Å². The van der Waals surface area contributed by atoms with E-state index in [9.17, 15) is 4.79 Å². The van der Waals surface area contributed by atoms with Crippen molar-refractivity contribution in [3.05, 3.63) is 53.1 Å². The van der Waals surface area contributed by atoms with Crippen molar-refractivity contribution in [3.63, 3.8) is 0 Å². The maximum absolute atomic E-state index is 12.8. The Kier molecular flexibility index (Phi) is 6.16. The number of nitrogens with one attached hydrogen (secondary N) is 1. The van der Waals surface area contributed by atoms with Gasteiger partial charge >= 0.3 is 0 Å². The summed E-state index contributed by atoms with van der Waals surface area (Å²) in [6, 6.07) is 12.2. The van der Waals surface area contributed by atoms with E-state index < -0.39 is 0 Å². The number of nitrogens with zero attached hydrogens (tertiary/aromatic N) is 3.